The topological polar surface area (TPSA) is 38.8 Å². The summed E-state index contributed by atoms with van der Waals surface area (Å²) in [5.41, 5.74) is 2.33. The molecule has 0 N–H and O–H groups in total. The fraction of sp³-hybridized carbons (Fsp3) is 0.353. The zero-order chi connectivity index (χ0) is 15.5. The van der Waals surface area contributed by atoms with Gasteiger partial charge >= 0.3 is 0 Å². The van der Waals surface area contributed by atoms with Gasteiger partial charge in [0, 0.05) is 18.5 Å². The molecule has 1 unspecified atom stereocenters. The van der Waals surface area contributed by atoms with E-state index < -0.39 is 0 Å². The molecular weight excluding hydrogens is 298 g/mol. The first-order chi connectivity index (χ1) is 10.7. The van der Waals surface area contributed by atoms with Gasteiger partial charge in [-0.15, -0.1) is 11.3 Å². The minimum atomic E-state index is -0.0384. The summed E-state index contributed by atoms with van der Waals surface area (Å²) in [6.45, 7) is 0.846. The van der Waals surface area contributed by atoms with Crippen molar-refractivity contribution in [3.8, 4) is 5.75 Å². The number of thiophene rings is 1. The molecule has 0 saturated heterocycles. The lowest BCUT2D eigenvalue weighted by molar-refractivity contribution is -0.137. The van der Waals surface area contributed by atoms with Crippen LogP contribution in [0.4, 0.5) is 0 Å². The summed E-state index contributed by atoms with van der Waals surface area (Å²) in [6.07, 6.45) is 0.912. The molecule has 2 aromatic rings. The molecule has 5 heteroatoms. The maximum absolute atomic E-state index is 12.4. The van der Waals surface area contributed by atoms with Gasteiger partial charge in [0.25, 0.3) is 0 Å². The van der Waals surface area contributed by atoms with E-state index in [2.05, 4.69) is 11.4 Å². The fourth-order valence-corrected chi connectivity index (χ4v) is 3.84. The minimum absolute atomic E-state index is 0.0279. The van der Waals surface area contributed by atoms with Crippen molar-refractivity contribution >= 4 is 17.2 Å². The van der Waals surface area contributed by atoms with Crippen LogP contribution >= 0.6 is 11.3 Å². The Hall–Kier alpha value is -1.85. The first kappa shape index (κ1) is 15.1. The number of hydrogen-bond donors (Lipinski definition) is 0. The number of rotatable bonds is 4. The number of methoxy groups -OCH3 is 2. The van der Waals surface area contributed by atoms with Crippen molar-refractivity contribution in [3.63, 3.8) is 0 Å². The van der Waals surface area contributed by atoms with Crippen LogP contribution in [0.2, 0.25) is 0 Å². The summed E-state index contributed by atoms with van der Waals surface area (Å²) in [6, 6.07) is 10.0. The summed E-state index contributed by atoms with van der Waals surface area (Å²) in [7, 11) is 3.21. The van der Waals surface area contributed by atoms with Gasteiger partial charge in [-0.2, -0.15) is 0 Å². The Morgan fingerprint density at radius 1 is 1.27 bits per heavy atom. The molecule has 0 spiro atoms. The maximum Gasteiger partial charge on any atom is 0.249 e. The molecule has 1 amide bonds. The largest absolute Gasteiger partial charge is 0.497 e. The standard InChI is InChI=1S/C17H19NO3S/c1-20-11-16(19)18-9-7-15-14(8-10-22-15)17(18)12-3-5-13(21-2)6-4-12/h3-6,8,10,17H,7,9,11H2,1-2H3. The molecule has 0 aliphatic carbocycles. The molecule has 0 bridgehead atoms. The van der Waals surface area contributed by atoms with E-state index in [1.807, 2.05) is 29.2 Å². The van der Waals surface area contributed by atoms with Gasteiger partial charge in [0.05, 0.1) is 13.2 Å². The predicted molar refractivity (Wildman–Crippen MR) is 86.4 cm³/mol. The van der Waals surface area contributed by atoms with E-state index in [1.54, 1.807) is 25.6 Å². The van der Waals surface area contributed by atoms with E-state index in [-0.39, 0.29) is 18.6 Å². The summed E-state index contributed by atoms with van der Waals surface area (Å²) < 4.78 is 10.3. The zero-order valence-corrected chi connectivity index (χ0v) is 13.6. The van der Waals surface area contributed by atoms with Gasteiger partial charge in [-0.25, -0.2) is 0 Å². The average molecular weight is 317 g/mol. The minimum Gasteiger partial charge on any atom is -0.497 e. The number of benzene rings is 1. The van der Waals surface area contributed by atoms with Crippen molar-refractivity contribution in [1.29, 1.82) is 0 Å². The maximum atomic E-state index is 12.4. The van der Waals surface area contributed by atoms with Crippen LogP contribution in [0.1, 0.15) is 22.0 Å². The number of carbonyl (C=O) groups excluding carboxylic acids is 1. The van der Waals surface area contributed by atoms with Gasteiger partial charge in [-0.3, -0.25) is 4.79 Å². The molecule has 22 heavy (non-hydrogen) atoms. The molecule has 1 aliphatic rings. The second-order valence-electron chi connectivity index (χ2n) is 5.24. The number of carbonyl (C=O) groups is 1. The Morgan fingerprint density at radius 3 is 2.73 bits per heavy atom. The van der Waals surface area contributed by atoms with Crippen molar-refractivity contribution < 1.29 is 14.3 Å². The molecular formula is C17H19NO3S. The Morgan fingerprint density at radius 2 is 2.05 bits per heavy atom. The second-order valence-corrected chi connectivity index (χ2v) is 6.25. The molecule has 0 fully saturated rings. The molecule has 1 aromatic heterocycles. The van der Waals surface area contributed by atoms with E-state index in [0.29, 0.717) is 0 Å². The van der Waals surface area contributed by atoms with Crippen molar-refractivity contribution in [2.45, 2.75) is 12.5 Å². The van der Waals surface area contributed by atoms with Crippen LogP contribution in [-0.4, -0.2) is 38.2 Å². The van der Waals surface area contributed by atoms with Crippen LogP contribution in [0.3, 0.4) is 0 Å². The Balaban J connectivity index is 1.99. The normalized spacial score (nSPS) is 17.2. The Bertz CT molecular complexity index is 650. The van der Waals surface area contributed by atoms with Crippen LogP contribution in [0.5, 0.6) is 5.75 Å². The van der Waals surface area contributed by atoms with E-state index >= 15 is 0 Å². The smallest absolute Gasteiger partial charge is 0.249 e. The molecule has 1 aromatic carbocycles. The zero-order valence-electron chi connectivity index (χ0n) is 12.7. The van der Waals surface area contributed by atoms with E-state index in [4.69, 9.17) is 9.47 Å². The molecule has 0 saturated carbocycles. The van der Waals surface area contributed by atoms with Gasteiger partial charge in [-0.05, 0) is 41.1 Å². The van der Waals surface area contributed by atoms with Gasteiger partial charge in [-0.1, -0.05) is 12.1 Å². The highest BCUT2D eigenvalue weighted by atomic mass is 32.1. The molecule has 1 atom stereocenters. The van der Waals surface area contributed by atoms with Crippen LogP contribution in [0, 0.1) is 0 Å². The summed E-state index contributed by atoms with van der Waals surface area (Å²) in [5, 5.41) is 2.10. The van der Waals surface area contributed by atoms with Crippen LogP contribution in [0.25, 0.3) is 0 Å². The molecule has 0 radical (unpaired) electrons. The molecule has 1 aliphatic heterocycles. The summed E-state index contributed by atoms with van der Waals surface area (Å²) in [4.78, 5) is 15.7. The van der Waals surface area contributed by atoms with Crippen molar-refractivity contribution in [1.82, 2.24) is 4.90 Å². The van der Waals surface area contributed by atoms with Crippen molar-refractivity contribution in [2.24, 2.45) is 0 Å². The quantitative estimate of drug-likeness (QED) is 0.870. The van der Waals surface area contributed by atoms with Gasteiger partial charge < -0.3 is 14.4 Å². The highest BCUT2D eigenvalue weighted by molar-refractivity contribution is 7.10. The number of amides is 1. The lowest BCUT2D eigenvalue weighted by Gasteiger charge is -2.36. The van der Waals surface area contributed by atoms with Gasteiger partial charge in [0.2, 0.25) is 5.91 Å². The Kier molecular flexibility index (Phi) is 4.45. The highest BCUT2D eigenvalue weighted by Gasteiger charge is 2.32. The number of nitrogens with zero attached hydrogens (tertiary/aromatic N) is 1. The first-order valence-electron chi connectivity index (χ1n) is 7.23. The molecule has 116 valence electrons. The molecule has 4 nitrogen and oxygen atoms in total. The third-order valence-corrected chi connectivity index (χ3v) is 4.98. The second kappa shape index (κ2) is 6.50. The predicted octanol–water partition coefficient (Wildman–Crippen LogP) is 2.88. The van der Waals surface area contributed by atoms with Crippen LogP contribution in [-0.2, 0) is 16.0 Å². The van der Waals surface area contributed by atoms with Gasteiger partial charge in [0.1, 0.15) is 12.4 Å². The van der Waals surface area contributed by atoms with E-state index in [0.717, 1.165) is 24.3 Å². The summed E-state index contributed by atoms with van der Waals surface area (Å²) in [5.74, 6) is 0.847. The average Bonchev–Trinajstić information content (AvgIpc) is 3.03. The number of fused-ring (bicyclic) bond motifs is 1. The number of ether oxygens (including phenoxy) is 2. The van der Waals surface area contributed by atoms with Crippen LogP contribution < -0.4 is 4.74 Å². The molecule has 2 heterocycles. The third-order valence-electron chi connectivity index (χ3n) is 3.99. The fourth-order valence-electron chi connectivity index (χ4n) is 2.94. The summed E-state index contributed by atoms with van der Waals surface area (Å²) >= 11 is 1.76. The number of hydrogen-bond acceptors (Lipinski definition) is 4. The van der Waals surface area contributed by atoms with Crippen molar-refractivity contribution in [3.05, 3.63) is 51.7 Å². The lowest BCUT2D eigenvalue weighted by Crippen LogP contribution is -2.41. The van der Waals surface area contributed by atoms with Crippen LogP contribution in [0.15, 0.2) is 35.7 Å². The SMILES string of the molecule is COCC(=O)N1CCc2sccc2C1c1ccc(OC)cc1. The first-order valence-corrected chi connectivity index (χ1v) is 8.11. The van der Waals surface area contributed by atoms with Crippen molar-refractivity contribution in [2.75, 3.05) is 27.4 Å². The highest BCUT2D eigenvalue weighted by Crippen LogP contribution is 2.38. The van der Waals surface area contributed by atoms with E-state index in [1.165, 1.54) is 10.4 Å². The lowest BCUT2D eigenvalue weighted by atomic mass is 9.93. The van der Waals surface area contributed by atoms with Gasteiger partial charge in [0.15, 0.2) is 0 Å². The monoisotopic (exact) mass is 317 g/mol. The Labute approximate surface area is 134 Å². The molecule has 3 rings (SSSR count). The third kappa shape index (κ3) is 2.74. The van der Waals surface area contributed by atoms with E-state index in [9.17, 15) is 4.79 Å².